The Labute approximate surface area is 141 Å². The second kappa shape index (κ2) is 5.60. The van der Waals surface area contributed by atoms with Crippen molar-refractivity contribution >= 4 is 0 Å². The minimum atomic E-state index is 0.193. The zero-order valence-electron chi connectivity index (χ0n) is 13.9. The maximum absolute atomic E-state index is 10.0. The Morgan fingerprint density at radius 2 is 1.58 bits per heavy atom. The average molecular weight is 327 g/mol. The highest BCUT2D eigenvalue weighted by Crippen LogP contribution is 2.43. The van der Waals surface area contributed by atoms with Gasteiger partial charge in [-0.05, 0) is 59.4 Å². The average Bonchev–Trinajstić information content (AvgIpc) is 2.58. The maximum atomic E-state index is 10.0. The summed E-state index contributed by atoms with van der Waals surface area (Å²) in [6.45, 7) is 1.75. The lowest BCUT2D eigenvalue weighted by atomic mass is 9.83. The molecule has 0 radical (unpaired) electrons. The maximum Gasteiger partial charge on any atom is 0.160 e. The number of phenolic OH excluding ortho intramolecular Hbond substituents is 2. The lowest BCUT2D eigenvalue weighted by molar-refractivity contribution is 0.160. The molecule has 0 unspecified atom stereocenters. The summed E-state index contributed by atoms with van der Waals surface area (Å²) in [5.41, 5.74) is 4.75. The van der Waals surface area contributed by atoms with Crippen LogP contribution in [0.1, 0.15) is 28.3 Å². The van der Waals surface area contributed by atoms with Gasteiger partial charge >= 0.3 is 0 Å². The molecule has 2 aromatic carbocycles. The van der Waals surface area contributed by atoms with Gasteiger partial charge in [-0.2, -0.15) is 0 Å². The van der Waals surface area contributed by atoms with Crippen molar-refractivity contribution in [1.82, 2.24) is 4.90 Å². The second-order valence-electron chi connectivity index (χ2n) is 6.46. The van der Waals surface area contributed by atoms with Gasteiger partial charge in [-0.15, -0.1) is 0 Å². The van der Waals surface area contributed by atoms with Crippen molar-refractivity contribution in [2.45, 2.75) is 25.4 Å². The molecule has 0 fully saturated rings. The van der Waals surface area contributed by atoms with Crippen LogP contribution in [0.4, 0.5) is 0 Å². The van der Waals surface area contributed by atoms with Crippen LogP contribution in [-0.4, -0.2) is 35.9 Å². The molecule has 2 aromatic rings. The number of phenols is 2. The van der Waals surface area contributed by atoms with Crippen LogP contribution in [0.25, 0.3) is 0 Å². The van der Waals surface area contributed by atoms with E-state index in [1.54, 1.807) is 14.2 Å². The third-order valence-corrected chi connectivity index (χ3v) is 5.20. The Kier molecular flexibility index (Phi) is 3.53. The molecule has 2 aliphatic heterocycles. The third kappa shape index (κ3) is 2.27. The van der Waals surface area contributed by atoms with E-state index in [-0.39, 0.29) is 17.5 Å². The van der Waals surface area contributed by atoms with Crippen molar-refractivity contribution in [3.8, 4) is 23.0 Å². The van der Waals surface area contributed by atoms with Crippen molar-refractivity contribution < 1.29 is 19.7 Å². The number of hydrogen-bond acceptors (Lipinski definition) is 5. The normalized spacial score (nSPS) is 19.2. The summed E-state index contributed by atoms with van der Waals surface area (Å²) in [6.07, 6.45) is 1.76. The summed E-state index contributed by atoms with van der Waals surface area (Å²) in [5, 5.41) is 20.1. The third-order valence-electron chi connectivity index (χ3n) is 5.20. The van der Waals surface area contributed by atoms with Crippen molar-refractivity contribution in [3.05, 3.63) is 46.5 Å². The number of benzene rings is 2. The highest BCUT2D eigenvalue weighted by molar-refractivity contribution is 5.52. The molecule has 0 saturated heterocycles. The highest BCUT2D eigenvalue weighted by atomic mass is 16.5. The predicted molar refractivity (Wildman–Crippen MR) is 89.9 cm³/mol. The number of hydrogen-bond donors (Lipinski definition) is 2. The zero-order chi connectivity index (χ0) is 16.8. The molecule has 0 aliphatic carbocycles. The lowest BCUT2D eigenvalue weighted by Gasteiger charge is -2.41. The highest BCUT2D eigenvalue weighted by Gasteiger charge is 2.33. The predicted octanol–water partition coefficient (Wildman–Crippen LogP) is 2.77. The standard InChI is InChI=1S/C19H21NO4/c1-23-18-8-12-5-15-14-9-19(24-2)16(21)6-11(14)3-4-20(15)10-13(12)7-17(18)22/h6-9,15,21-22H,3-5,10H2,1-2H3/t15-/m1/s1. The van der Waals surface area contributed by atoms with Crippen LogP contribution in [-0.2, 0) is 19.4 Å². The summed E-state index contributed by atoms with van der Waals surface area (Å²) in [4.78, 5) is 2.42. The first-order valence-electron chi connectivity index (χ1n) is 8.13. The molecule has 5 heteroatoms. The first-order chi connectivity index (χ1) is 11.6. The Morgan fingerprint density at radius 3 is 2.29 bits per heavy atom. The molecular weight excluding hydrogens is 306 g/mol. The van der Waals surface area contributed by atoms with Gasteiger partial charge in [-0.1, -0.05) is 0 Å². The first-order valence-corrected chi connectivity index (χ1v) is 8.13. The Bertz CT molecular complexity index is 802. The van der Waals surface area contributed by atoms with Crippen LogP contribution in [0.5, 0.6) is 23.0 Å². The zero-order valence-corrected chi connectivity index (χ0v) is 13.9. The summed E-state index contributed by atoms with van der Waals surface area (Å²) in [5.74, 6) is 1.43. The van der Waals surface area contributed by atoms with Crippen molar-refractivity contribution in [2.24, 2.45) is 0 Å². The minimum absolute atomic E-state index is 0.193. The monoisotopic (exact) mass is 327 g/mol. The van der Waals surface area contributed by atoms with E-state index in [0.29, 0.717) is 11.5 Å². The molecule has 5 nitrogen and oxygen atoms in total. The summed E-state index contributed by atoms with van der Waals surface area (Å²) >= 11 is 0. The molecule has 4 rings (SSSR count). The summed E-state index contributed by atoms with van der Waals surface area (Å²) in [7, 11) is 3.14. The van der Waals surface area contributed by atoms with Gasteiger partial charge in [0.2, 0.25) is 0 Å². The van der Waals surface area contributed by atoms with Crippen LogP contribution in [0, 0.1) is 0 Å². The van der Waals surface area contributed by atoms with E-state index in [4.69, 9.17) is 9.47 Å². The molecule has 0 spiro atoms. The van der Waals surface area contributed by atoms with Crippen molar-refractivity contribution in [1.29, 1.82) is 0 Å². The van der Waals surface area contributed by atoms with Crippen molar-refractivity contribution in [2.75, 3.05) is 20.8 Å². The number of rotatable bonds is 2. The number of nitrogens with zero attached hydrogens (tertiary/aromatic N) is 1. The van der Waals surface area contributed by atoms with Gasteiger partial charge in [0.05, 0.1) is 14.2 Å². The summed E-state index contributed by atoms with van der Waals surface area (Å²) < 4.78 is 10.5. The van der Waals surface area contributed by atoms with Gasteiger partial charge in [0, 0.05) is 19.1 Å². The largest absolute Gasteiger partial charge is 0.504 e. The fraction of sp³-hybridized carbons (Fsp3) is 0.368. The molecule has 0 saturated carbocycles. The molecule has 0 amide bonds. The fourth-order valence-electron chi connectivity index (χ4n) is 3.94. The SMILES string of the molecule is COc1cc2c(cc1O)CN1CCc3cc(O)c(OC)cc3[C@H]1C2. The van der Waals surface area contributed by atoms with E-state index >= 15 is 0 Å². The van der Waals surface area contributed by atoms with Crippen molar-refractivity contribution in [3.63, 3.8) is 0 Å². The van der Waals surface area contributed by atoms with E-state index in [1.807, 2.05) is 24.3 Å². The van der Waals surface area contributed by atoms with Gasteiger partial charge in [0.1, 0.15) is 0 Å². The van der Waals surface area contributed by atoms with Gasteiger partial charge < -0.3 is 19.7 Å². The van der Waals surface area contributed by atoms with E-state index in [9.17, 15) is 10.2 Å². The van der Waals surface area contributed by atoms with Gasteiger partial charge in [0.15, 0.2) is 23.0 Å². The smallest absolute Gasteiger partial charge is 0.160 e. The van der Waals surface area contributed by atoms with Gasteiger partial charge in [-0.3, -0.25) is 4.90 Å². The molecule has 0 bridgehead atoms. The number of ether oxygens (including phenoxy) is 2. The van der Waals surface area contributed by atoms with Gasteiger partial charge in [0.25, 0.3) is 0 Å². The van der Waals surface area contributed by atoms with Crippen LogP contribution >= 0.6 is 0 Å². The molecule has 0 aromatic heterocycles. The second-order valence-corrected chi connectivity index (χ2v) is 6.46. The molecule has 2 heterocycles. The van der Waals surface area contributed by atoms with Crippen LogP contribution < -0.4 is 9.47 Å². The van der Waals surface area contributed by atoms with Crippen LogP contribution in [0.2, 0.25) is 0 Å². The Hall–Kier alpha value is -2.40. The van der Waals surface area contributed by atoms with E-state index in [0.717, 1.165) is 31.5 Å². The summed E-state index contributed by atoms with van der Waals surface area (Å²) in [6, 6.07) is 7.80. The molecule has 126 valence electrons. The number of methoxy groups -OCH3 is 2. The number of fused-ring (bicyclic) bond motifs is 4. The van der Waals surface area contributed by atoms with E-state index < -0.39 is 0 Å². The first kappa shape index (κ1) is 15.1. The minimum Gasteiger partial charge on any atom is -0.504 e. The molecule has 2 N–H and O–H groups in total. The van der Waals surface area contributed by atoms with Gasteiger partial charge in [-0.25, -0.2) is 0 Å². The topological polar surface area (TPSA) is 62.2 Å². The van der Waals surface area contributed by atoms with E-state index in [1.165, 1.54) is 16.7 Å². The fourth-order valence-corrected chi connectivity index (χ4v) is 3.94. The molecule has 2 aliphatic rings. The van der Waals surface area contributed by atoms with Crippen LogP contribution in [0.3, 0.4) is 0 Å². The number of aromatic hydroxyl groups is 2. The van der Waals surface area contributed by atoms with Crippen LogP contribution in [0.15, 0.2) is 24.3 Å². The van der Waals surface area contributed by atoms with E-state index in [2.05, 4.69) is 4.90 Å². The Balaban J connectivity index is 1.77. The molecule has 1 atom stereocenters. The quantitative estimate of drug-likeness (QED) is 0.888. The Morgan fingerprint density at radius 1 is 0.917 bits per heavy atom. The molecule has 24 heavy (non-hydrogen) atoms. The molecular formula is C19H21NO4. The lowest BCUT2D eigenvalue weighted by Crippen LogP contribution is -2.39.